The standard InChI is InChI=1S/C16H33N3O/c1-6-13(4)18-16(20)14(5)19(10-12(2)3)11-15-8-7-9-17-15/h12-15,17H,6-11H2,1-5H3,(H,18,20). The highest BCUT2D eigenvalue weighted by Gasteiger charge is 2.26. The summed E-state index contributed by atoms with van der Waals surface area (Å²) in [5, 5.41) is 6.64. The average molecular weight is 283 g/mol. The van der Waals surface area contributed by atoms with Crippen LogP contribution in [-0.2, 0) is 4.79 Å². The van der Waals surface area contributed by atoms with Gasteiger partial charge in [0.1, 0.15) is 0 Å². The van der Waals surface area contributed by atoms with E-state index in [0.717, 1.165) is 26.1 Å². The number of hydrogen-bond acceptors (Lipinski definition) is 3. The lowest BCUT2D eigenvalue weighted by molar-refractivity contribution is -0.126. The molecule has 1 amide bonds. The third-order valence-electron chi connectivity index (χ3n) is 4.15. The van der Waals surface area contributed by atoms with Gasteiger partial charge >= 0.3 is 0 Å². The van der Waals surface area contributed by atoms with Crippen LogP contribution >= 0.6 is 0 Å². The topological polar surface area (TPSA) is 44.4 Å². The van der Waals surface area contributed by atoms with Crippen LogP contribution in [0.3, 0.4) is 0 Å². The van der Waals surface area contributed by atoms with Crippen molar-refractivity contribution in [3.8, 4) is 0 Å². The maximum absolute atomic E-state index is 12.3. The zero-order chi connectivity index (χ0) is 15.1. The second kappa shape index (κ2) is 8.63. The highest BCUT2D eigenvalue weighted by molar-refractivity contribution is 5.81. The molecular weight excluding hydrogens is 250 g/mol. The van der Waals surface area contributed by atoms with Crippen molar-refractivity contribution in [3.63, 3.8) is 0 Å². The van der Waals surface area contributed by atoms with Gasteiger partial charge in [0.2, 0.25) is 5.91 Å². The van der Waals surface area contributed by atoms with Crippen LogP contribution in [0.5, 0.6) is 0 Å². The molecule has 0 radical (unpaired) electrons. The molecule has 4 nitrogen and oxygen atoms in total. The summed E-state index contributed by atoms with van der Waals surface area (Å²) in [4.78, 5) is 14.7. The first kappa shape index (κ1) is 17.4. The van der Waals surface area contributed by atoms with Crippen LogP contribution < -0.4 is 10.6 Å². The van der Waals surface area contributed by atoms with Crippen molar-refractivity contribution in [1.29, 1.82) is 0 Å². The fraction of sp³-hybridized carbons (Fsp3) is 0.938. The summed E-state index contributed by atoms with van der Waals surface area (Å²) in [7, 11) is 0. The molecule has 0 aromatic carbocycles. The number of amides is 1. The molecule has 3 atom stereocenters. The van der Waals surface area contributed by atoms with E-state index in [1.165, 1.54) is 12.8 Å². The Balaban J connectivity index is 2.57. The monoisotopic (exact) mass is 283 g/mol. The first-order valence-corrected chi connectivity index (χ1v) is 8.21. The van der Waals surface area contributed by atoms with Crippen molar-refractivity contribution in [2.75, 3.05) is 19.6 Å². The molecule has 1 heterocycles. The number of rotatable bonds is 8. The van der Waals surface area contributed by atoms with Crippen LogP contribution in [0.2, 0.25) is 0 Å². The van der Waals surface area contributed by atoms with Crippen LogP contribution in [0.1, 0.15) is 53.9 Å². The van der Waals surface area contributed by atoms with Crippen LogP contribution in [0.25, 0.3) is 0 Å². The molecule has 1 aliphatic rings. The van der Waals surface area contributed by atoms with Crippen LogP contribution in [-0.4, -0.2) is 48.6 Å². The molecule has 0 saturated carbocycles. The Kier molecular flexibility index (Phi) is 7.52. The Bertz CT molecular complexity index is 287. The first-order chi connectivity index (χ1) is 9.43. The predicted octanol–water partition coefficient (Wildman–Crippen LogP) is 2.00. The van der Waals surface area contributed by atoms with Crippen molar-refractivity contribution in [3.05, 3.63) is 0 Å². The summed E-state index contributed by atoms with van der Waals surface area (Å²) >= 11 is 0. The Morgan fingerprint density at radius 3 is 2.55 bits per heavy atom. The third kappa shape index (κ3) is 5.80. The molecule has 0 aliphatic carbocycles. The molecule has 3 unspecified atom stereocenters. The fourth-order valence-corrected chi connectivity index (χ4v) is 2.69. The number of carbonyl (C=O) groups excluding carboxylic acids is 1. The van der Waals surface area contributed by atoms with E-state index in [9.17, 15) is 4.79 Å². The third-order valence-corrected chi connectivity index (χ3v) is 4.15. The smallest absolute Gasteiger partial charge is 0.237 e. The van der Waals surface area contributed by atoms with Gasteiger partial charge in [-0.05, 0) is 45.6 Å². The van der Waals surface area contributed by atoms with Gasteiger partial charge in [-0.25, -0.2) is 0 Å². The predicted molar refractivity (Wildman–Crippen MR) is 84.8 cm³/mol. The molecule has 0 spiro atoms. The minimum absolute atomic E-state index is 0.0474. The lowest BCUT2D eigenvalue weighted by Gasteiger charge is -2.32. The normalized spacial score (nSPS) is 22.2. The first-order valence-electron chi connectivity index (χ1n) is 8.21. The van der Waals surface area contributed by atoms with Gasteiger partial charge in [-0.3, -0.25) is 9.69 Å². The van der Waals surface area contributed by atoms with Gasteiger partial charge in [-0.2, -0.15) is 0 Å². The maximum atomic E-state index is 12.3. The molecule has 4 heteroatoms. The quantitative estimate of drug-likeness (QED) is 0.716. The molecule has 1 fully saturated rings. The van der Waals surface area contributed by atoms with Crippen molar-refractivity contribution in [2.45, 2.75) is 72.0 Å². The maximum Gasteiger partial charge on any atom is 0.237 e. The summed E-state index contributed by atoms with van der Waals surface area (Å²) in [5.41, 5.74) is 0. The minimum Gasteiger partial charge on any atom is -0.352 e. The molecule has 118 valence electrons. The molecule has 0 aromatic rings. The van der Waals surface area contributed by atoms with Gasteiger partial charge in [0, 0.05) is 25.2 Å². The molecule has 0 bridgehead atoms. The summed E-state index contributed by atoms with van der Waals surface area (Å²) in [5.74, 6) is 0.744. The van der Waals surface area contributed by atoms with Gasteiger partial charge in [0.15, 0.2) is 0 Å². The molecule has 1 aliphatic heterocycles. The minimum atomic E-state index is -0.0474. The van der Waals surface area contributed by atoms with Gasteiger partial charge in [-0.1, -0.05) is 20.8 Å². The Morgan fingerprint density at radius 1 is 1.35 bits per heavy atom. The van der Waals surface area contributed by atoms with Crippen molar-refractivity contribution in [1.82, 2.24) is 15.5 Å². The number of nitrogens with zero attached hydrogens (tertiary/aromatic N) is 1. The van der Waals surface area contributed by atoms with Crippen LogP contribution in [0.4, 0.5) is 0 Å². The average Bonchev–Trinajstić information content (AvgIpc) is 2.89. The zero-order valence-electron chi connectivity index (χ0n) is 13.9. The molecule has 1 saturated heterocycles. The van der Waals surface area contributed by atoms with Gasteiger partial charge < -0.3 is 10.6 Å². The Morgan fingerprint density at radius 2 is 2.05 bits per heavy atom. The summed E-state index contributed by atoms with van der Waals surface area (Å²) in [6.45, 7) is 13.7. The van der Waals surface area contributed by atoms with E-state index in [-0.39, 0.29) is 18.0 Å². The fourth-order valence-electron chi connectivity index (χ4n) is 2.69. The van der Waals surface area contributed by atoms with Gasteiger partial charge in [0.05, 0.1) is 6.04 Å². The zero-order valence-corrected chi connectivity index (χ0v) is 13.9. The molecule has 1 rings (SSSR count). The number of carbonyl (C=O) groups is 1. The Hall–Kier alpha value is -0.610. The van der Waals surface area contributed by atoms with E-state index in [1.807, 2.05) is 6.92 Å². The lowest BCUT2D eigenvalue weighted by Crippen LogP contribution is -2.51. The van der Waals surface area contributed by atoms with Crippen LogP contribution in [0.15, 0.2) is 0 Å². The largest absolute Gasteiger partial charge is 0.352 e. The second-order valence-electron chi connectivity index (χ2n) is 6.63. The summed E-state index contributed by atoms with van der Waals surface area (Å²) < 4.78 is 0. The second-order valence-corrected chi connectivity index (χ2v) is 6.63. The molecule has 2 N–H and O–H groups in total. The summed E-state index contributed by atoms with van der Waals surface area (Å²) in [6, 6.07) is 0.761. The van der Waals surface area contributed by atoms with E-state index in [4.69, 9.17) is 0 Å². The van der Waals surface area contributed by atoms with Gasteiger partial charge in [0.25, 0.3) is 0 Å². The van der Waals surface area contributed by atoms with Gasteiger partial charge in [-0.15, -0.1) is 0 Å². The number of nitrogens with one attached hydrogen (secondary N) is 2. The Labute approximate surface area is 124 Å². The van der Waals surface area contributed by atoms with Crippen molar-refractivity contribution < 1.29 is 4.79 Å². The van der Waals surface area contributed by atoms with Crippen molar-refractivity contribution in [2.24, 2.45) is 5.92 Å². The van der Waals surface area contributed by atoms with E-state index in [2.05, 4.69) is 43.2 Å². The van der Waals surface area contributed by atoms with Crippen molar-refractivity contribution >= 4 is 5.91 Å². The highest BCUT2D eigenvalue weighted by Crippen LogP contribution is 2.12. The summed E-state index contributed by atoms with van der Waals surface area (Å²) in [6.07, 6.45) is 3.47. The van der Waals surface area contributed by atoms with E-state index >= 15 is 0 Å². The SMILES string of the molecule is CCC(C)NC(=O)C(C)N(CC(C)C)CC1CCCN1. The highest BCUT2D eigenvalue weighted by atomic mass is 16.2. The molecule has 0 aromatic heterocycles. The van der Waals surface area contributed by atoms with Crippen LogP contribution in [0, 0.1) is 5.92 Å². The van der Waals surface area contributed by atoms with E-state index < -0.39 is 0 Å². The van der Waals surface area contributed by atoms with E-state index in [1.54, 1.807) is 0 Å². The lowest BCUT2D eigenvalue weighted by atomic mass is 10.1. The molecule has 20 heavy (non-hydrogen) atoms. The van der Waals surface area contributed by atoms with E-state index in [0.29, 0.717) is 12.0 Å². The molecular formula is C16H33N3O. The number of hydrogen-bond donors (Lipinski definition) is 2.